The highest BCUT2D eigenvalue weighted by atomic mass is 35.5. The van der Waals surface area contributed by atoms with E-state index in [-0.39, 0.29) is 10.6 Å². The minimum Gasteiger partial charge on any atom is -0.452 e. The van der Waals surface area contributed by atoms with Crippen LogP contribution in [0.15, 0.2) is 18.2 Å². The van der Waals surface area contributed by atoms with Crippen LogP contribution in [-0.4, -0.2) is 41.9 Å². The molecule has 2 rings (SSSR count). The molecule has 1 aliphatic heterocycles. The topological polar surface area (TPSA) is 89.7 Å². The second-order valence-corrected chi connectivity index (χ2v) is 6.02. The average Bonchev–Trinajstić information content (AvgIpc) is 2.54. The monoisotopic (exact) mass is 358 g/mol. The van der Waals surface area contributed by atoms with Crippen molar-refractivity contribution in [2.75, 3.05) is 13.2 Å². The molecular weight excluding hydrogens is 343 g/mol. The molecule has 0 unspecified atom stereocenters. The van der Waals surface area contributed by atoms with Crippen LogP contribution in [0.2, 0.25) is 10.0 Å². The number of esters is 1. The van der Waals surface area contributed by atoms with Gasteiger partial charge in [0.25, 0.3) is 5.91 Å². The Labute approximate surface area is 143 Å². The number of piperidine rings is 1. The second kappa shape index (κ2) is 7.66. The van der Waals surface area contributed by atoms with Crippen molar-refractivity contribution >= 4 is 41.0 Å². The van der Waals surface area contributed by atoms with Crippen LogP contribution in [-0.2, 0) is 14.3 Å². The molecule has 1 aromatic carbocycles. The molecule has 0 radical (unpaired) electrons. The number of nitrogens with two attached hydrogens (primary N) is 1. The lowest BCUT2D eigenvalue weighted by molar-refractivity contribution is -0.143. The molecule has 1 atom stereocenters. The normalized spacial score (nSPS) is 17.7. The maximum absolute atomic E-state index is 12.2. The van der Waals surface area contributed by atoms with E-state index in [1.54, 1.807) is 0 Å². The summed E-state index contributed by atoms with van der Waals surface area (Å²) in [7, 11) is 0. The Balaban J connectivity index is 1.96. The molecule has 1 fully saturated rings. The molecule has 0 spiro atoms. The van der Waals surface area contributed by atoms with Crippen molar-refractivity contribution in [3.05, 3.63) is 33.8 Å². The smallest absolute Gasteiger partial charge is 0.338 e. The van der Waals surface area contributed by atoms with E-state index in [1.807, 2.05) is 0 Å². The Hall–Kier alpha value is -1.79. The molecule has 2 N–H and O–H groups in total. The lowest BCUT2D eigenvalue weighted by Crippen LogP contribution is -2.51. The third-order valence-corrected chi connectivity index (χ3v) is 4.37. The summed E-state index contributed by atoms with van der Waals surface area (Å²) in [6, 6.07) is 3.65. The average molecular weight is 359 g/mol. The van der Waals surface area contributed by atoms with Crippen LogP contribution in [0.1, 0.15) is 29.6 Å². The van der Waals surface area contributed by atoms with Crippen molar-refractivity contribution in [1.29, 1.82) is 0 Å². The lowest BCUT2D eigenvalue weighted by Gasteiger charge is -2.33. The van der Waals surface area contributed by atoms with Crippen molar-refractivity contribution in [2.45, 2.75) is 25.3 Å². The Kier molecular flexibility index (Phi) is 5.85. The van der Waals surface area contributed by atoms with E-state index in [0.717, 1.165) is 12.8 Å². The van der Waals surface area contributed by atoms with Gasteiger partial charge in [-0.25, -0.2) is 4.79 Å². The van der Waals surface area contributed by atoms with E-state index in [4.69, 9.17) is 33.7 Å². The number of primary amides is 1. The Bertz CT molecular complexity index is 636. The fourth-order valence-electron chi connectivity index (χ4n) is 2.44. The predicted molar refractivity (Wildman–Crippen MR) is 85.3 cm³/mol. The van der Waals surface area contributed by atoms with Gasteiger partial charge in [-0.3, -0.25) is 9.59 Å². The third-order valence-electron chi connectivity index (χ3n) is 3.63. The van der Waals surface area contributed by atoms with Gasteiger partial charge in [0, 0.05) is 6.54 Å². The van der Waals surface area contributed by atoms with Gasteiger partial charge in [0.05, 0.1) is 15.6 Å². The zero-order chi connectivity index (χ0) is 17.0. The van der Waals surface area contributed by atoms with Gasteiger partial charge in [-0.05, 0) is 37.5 Å². The Morgan fingerprint density at radius 3 is 2.61 bits per heavy atom. The van der Waals surface area contributed by atoms with Crippen molar-refractivity contribution in [3.8, 4) is 0 Å². The number of likely N-dealkylation sites (tertiary alicyclic amines) is 1. The van der Waals surface area contributed by atoms with Crippen molar-refractivity contribution in [2.24, 2.45) is 5.73 Å². The SMILES string of the molecule is NC(=O)[C@H]1CCCCN1C(=O)COC(=O)c1ccc(Cl)c(Cl)c1. The van der Waals surface area contributed by atoms with Crippen LogP contribution in [0.25, 0.3) is 0 Å². The summed E-state index contributed by atoms with van der Waals surface area (Å²) in [5, 5.41) is 0.536. The first-order valence-electron chi connectivity index (χ1n) is 7.11. The molecule has 1 aromatic rings. The summed E-state index contributed by atoms with van der Waals surface area (Å²) in [5.41, 5.74) is 5.50. The highest BCUT2D eigenvalue weighted by Crippen LogP contribution is 2.23. The minimum absolute atomic E-state index is 0.192. The summed E-state index contributed by atoms with van der Waals surface area (Å²) in [6.07, 6.45) is 2.15. The largest absolute Gasteiger partial charge is 0.452 e. The van der Waals surface area contributed by atoms with E-state index < -0.39 is 30.4 Å². The summed E-state index contributed by atoms with van der Waals surface area (Å²) in [5.74, 6) is -1.68. The highest BCUT2D eigenvalue weighted by molar-refractivity contribution is 6.42. The second-order valence-electron chi connectivity index (χ2n) is 5.21. The van der Waals surface area contributed by atoms with E-state index in [2.05, 4.69) is 0 Å². The molecule has 8 heteroatoms. The number of amides is 2. The van der Waals surface area contributed by atoms with Gasteiger partial charge in [0.1, 0.15) is 6.04 Å². The number of hydrogen-bond acceptors (Lipinski definition) is 4. The van der Waals surface area contributed by atoms with Gasteiger partial charge in [-0.1, -0.05) is 23.2 Å². The maximum Gasteiger partial charge on any atom is 0.338 e. The molecule has 1 heterocycles. The van der Waals surface area contributed by atoms with E-state index in [0.29, 0.717) is 18.0 Å². The van der Waals surface area contributed by atoms with Gasteiger partial charge in [0.2, 0.25) is 5.91 Å². The number of nitrogens with zero attached hydrogens (tertiary/aromatic N) is 1. The summed E-state index contributed by atoms with van der Waals surface area (Å²) < 4.78 is 4.98. The van der Waals surface area contributed by atoms with Gasteiger partial charge in [-0.2, -0.15) is 0 Å². The molecule has 124 valence electrons. The number of carbonyl (C=O) groups is 3. The zero-order valence-corrected chi connectivity index (χ0v) is 13.8. The summed E-state index contributed by atoms with van der Waals surface area (Å²) in [4.78, 5) is 36.8. The molecule has 2 amide bonds. The van der Waals surface area contributed by atoms with E-state index >= 15 is 0 Å². The zero-order valence-electron chi connectivity index (χ0n) is 12.3. The molecule has 23 heavy (non-hydrogen) atoms. The van der Waals surface area contributed by atoms with Crippen molar-refractivity contribution in [1.82, 2.24) is 4.90 Å². The van der Waals surface area contributed by atoms with Gasteiger partial charge < -0.3 is 15.4 Å². The number of hydrogen-bond donors (Lipinski definition) is 1. The Morgan fingerprint density at radius 2 is 1.96 bits per heavy atom. The van der Waals surface area contributed by atoms with Crippen LogP contribution in [0.4, 0.5) is 0 Å². The number of carbonyl (C=O) groups excluding carboxylic acids is 3. The maximum atomic E-state index is 12.2. The number of benzene rings is 1. The highest BCUT2D eigenvalue weighted by Gasteiger charge is 2.31. The first-order valence-corrected chi connectivity index (χ1v) is 7.86. The summed E-state index contributed by atoms with van der Waals surface area (Å²) >= 11 is 11.6. The van der Waals surface area contributed by atoms with E-state index in [1.165, 1.54) is 23.1 Å². The molecular formula is C15H16Cl2N2O4. The third kappa shape index (κ3) is 4.36. The lowest BCUT2D eigenvalue weighted by atomic mass is 10.0. The molecule has 1 aliphatic rings. The summed E-state index contributed by atoms with van der Waals surface area (Å²) in [6.45, 7) is -0.0282. The fraction of sp³-hybridized carbons (Fsp3) is 0.400. The molecule has 0 saturated carbocycles. The quantitative estimate of drug-likeness (QED) is 0.833. The van der Waals surface area contributed by atoms with Crippen molar-refractivity contribution < 1.29 is 19.1 Å². The van der Waals surface area contributed by atoms with Crippen LogP contribution in [0.3, 0.4) is 0 Å². The van der Waals surface area contributed by atoms with Gasteiger partial charge >= 0.3 is 5.97 Å². The minimum atomic E-state index is -0.690. The van der Waals surface area contributed by atoms with Crippen LogP contribution in [0.5, 0.6) is 0 Å². The Morgan fingerprint density at radius 1 is 1.22 bits per heavy atom. The molecule has 6 nitrogen and oxygen atoms in total. The predicted octanol–water partition coefficient (Wildman–Crippen LogP) is 2.02. The van der Waals surface area contributed by atoms with Gasteiger partial charge in [-0.15, -0.1) is 0 Å². The fourth-order valence-corrected chi connectivity index (χ4v) is 2.74. The van der Waals surface area contributed by atoms with Crippen molar-refractivity contribution in [3.63, 3.8) is 0 Å². The number of halogens is 2. The first-order chi connectivity index (χ1) is 10.9. The van der Waals surface area contributed by atoms with Gasteiger partial charge in [0.15, 0.2) is 6.61 Å². The number of ether oxygens (including phenoxy) is 1. The number of rotatable bonds is 4. The molecule has 1 saturated heterocycles. The standard InChI is InChI=1S/C15H16Cl2N2O4/c16-10-5-4-9(7-11(10)17)15(22)23-8-13(20)19-6-2-1-3-12(19)14(18)21/h4-5,7,12H,1-3,6,8H2,(H2,18,21)/t12-/m1/s1. The van der Waals surface area contributed by atoms with Crippen LogP contribution >= 0.6 is 23.2 Å². The van der Waals surface area contributed by atoms with Crippen LogP contribution in [0, 0.1) is 0 Å². The van der Waals surface area contributed by atoms with E-state index in [9.17, 15) is 14.4 Å². The molecule has 0 bridgehead atoms. The molecule has 0 aliphatic carbocycles. The molecule has 0 aromatic heterocycles. The first kappa shape index (κ1) is 17.6. The van der Waals surface area contributed by atoms with Crippen LogP contribution < -0.4 is 5.73 Å².